The van der Waals surface area contributed by atoms with Crippen LogP contribution in [0.2, 0.25) is 0 Å². The summed E-state index contributed by atoms with van der Waals surface area (Å²) in [6.07, 6.45) is 4.67. The minimum Gasteiger partial charge on any atom is -0.302 e. The Morgan fingerprint density at radius 3 is 2.56 bits per heavy atom. The number of hydrogen-bond donors (Lipinski definition) is 1. The van der Waals surface area contributed by atoms with E-state index in [2.05, 4.69) is 6.26 Å². The summed E-state index contributed by atoms with van der Waals surface area (Å²) in [4.78, 5) is 0. The molecule has 0 saturated carbocycles. The number of hydrogen-bond acceptors (Lipinski definition) is 3. The maximum atomic E-state index is 6.72. The monoisotopic (exact) mass is 163 g/mol. The van der Waals surface area contributed by atoms with Crippen molar-refractivity contribution in [2.24, 2.45) is 0 Å². The first-order valence-electron chi connectivity index (χ1n) is 3.01. The first-order chi connectivity index (χ1) is 4.41. The van der Waals surface area contributed by atoms with Crippen molar-refractivity contribution in [1.82, 2.24) is 0 Å². The summed E-state index contributed by atoms with van der Waals surface area (Å²) in [5.41, 5.74) is 1.42. The van der Waals surface area contributed by atoms with E-state index in [-0.39, 0.29) is 0 Å². The summed E-state index contributed by atoms with van der Waals surface area (Å²) in [6, 6.07) is 0. The van der Waals surface area contributed by atoms with Gasteiger partial charge in [-0.25, -0.2) is 0 Å². The highest BCUT2D eigenvalue weighted by Gasteiger charge is 1.85. The molecule has 3 heteroatoms. The van der Waals surface area contributed by atoms with Crippen molar-refractivity contribution in [1.29, 1.82) is 5.41 Å². The molecule has 0 fully saturated rings. The van der Waals surface area contributed by atoms with Gasteiger partial charge in [-0.1, -0.05) is 0 Å². The molecule has 0 rings (SSSR count). The Hall–Kier alpha value is 0.370. The third-order valence-electron chi connectivity index (χ3n) is 0.944. The molecule has 0 heterocycles. The second-order valence-electron chi connectivity index (χ2n) is 1.69. The molecule has 0 aromatic heterocycles. The SMILES string of the molecule is CSCCCCSC=N. The second kappa shape index (κ2) is 8.37. The lowest BCUT2D eigenvalue weighted by atomic mass is 10.4. The van der Waals surface area contributed by atoms with Gasteiger partial charge in [-0.15, -0.1) is 11.8 Å². The third kappa shape index (κ3) is 8.37. The molecular weight excluding hydrogens is 150 g/mol. The fourth-order valence-electron chi connectivity index (χ4n) is 0.491. The van der Waals surface area contributed by atoms with E-state index >= 15 is 0 Å². The highest BCUT2D eigenvalue weighted by atomic mass is 32.2. The van der Waals surface area contributed by atoms with Crippen LogP contribution in [0.4, 0.5) is 0 Å². The van der Waals surface area contributed by atoms with E-state index in [4.69, 9.17) is 5.41 Å². The van der Waals surface area contributed by atoms with E-state index in [9.17, 15) is 0 Å². The van der Waals surface area contributed by atoms with Gasteiger partial charge in [0.15, 0.2) is 0 Å². The fourth-order valence-corrected chi connectivity index (χ4v) is 1.47. The molecule has 1 N–H and O–H groups in total. The molecule has 9 heavy (non-hydrogen) atoms. The van der Waals surface area contributed by atoms with Crippen LogP contribution in [0.5, 0.6) is 0 Å². The molecule has 0 aliphatic carbocycles. The van der Waals surface area contributed by atoms with Crippen LogP contribution in [0.3, 0.4) is 0 Å². The average Bonchev–Trinajstić information content (AvgIpc) is 1.89. The number of unbranched alkanes of at least 4 members (excludes halogenated alkanes) is 1. The maximum absolute atomic E-state index is 6.72. The second-order valence-corrected chi connectivity index (χ2v) is 3.65. The molecule has 1 nitrogen and oxygen atoms in total. The molecule has 0 unspecified atom stereocenters. The first-order valence-corrected chi connectivity index (χ1v) is 5.45. The van der Waals surface area contributed by atoms with Crippen molar-refractivity contribution >= 4 is 29.1 Å². The molecule has 0 spiro atoms. The van der Waals surface area contributed by atoms with E-state index in [0.717, 1.165) is 5.75 Å². The molecule has 0 amide bonds. The van der Waals surface area contributed by atoms with Gasteiger partial charge in [-0.2, -0.15) is 11.8 Å². The molecule has 0 aromatic rings. The van der Waals surface area contributed by atoms with Crippen LogP contribution in [0, 0.1) is 5.41 Å². The number of thioether (sulfide) groups is 2. The Labute approximate surface area is 65.5 Å². The van der Waals surface area contributed by atoms with Crippen LogP contribution in [0.15, 0.2) is 0 Å². The Kier molecular flexibility index (Phi) is 8.71. The zero-order valence-corrected chi connectivity index (χ0v) is 7.36. The Bertz CT molecular complexity index is 66.1. The van der Waals surface area contributed by atoms with Crippen LogP contribution < -0.4 is 0 Å². The largest absolute Gasteiger partial charge is 0.302 e. The number of nitrogens with one attached hydrogen (secondary N) is 1. The Balaban J connectivity index is 2.66. The van der Waals surface area contributed by atoms with Gasteiger partial charge in [-0.3, -0.25) is 0 Å². The average molecular weight is 163 g/mol. The van der Waals surface area contributed by atoms with Gasteiger partial charge < -0.3 is 5.41 Å². The predicted molar refractivity (Wildman–Crippen MR) is 48.9 cm³/mol. The quantitative estimate of drug-likeness (QED) is 0.369. The summed E-state index contributed by atoms with van der Waals surface area (Å²) < 4.78 is 0. The molecular formula is C6H13NS2. The molecule has 0 aromatic carbocycles. The molecule has 0 bridgehead atoms. The van der Waals surface area contributed by atoms with Crippen molar-refractivity contribution in [3.8, 4) is 0 Å². The standard InChI is InChI=1S/C6H13NS2/c1-8-4-2-3-5-9-6-7/h6-7H,2-5H2,1H3. The summed E-state index contributed by atoms with van der Waals surface area (Å²) >= 11 is 3.48. The lowest BCUT2D eigenvalue weighted by Gasteiger charge is -1.93. The van der Waals surface area contributed by atoms with Gasteiger partial charge in [0.05, 0.1) is 5.55 Å². The van der Waals surface area contributed by atoms with Crippen LogP contribution in [-0.2, 0) is 0 Å². The number of rotatable bonds is 6. The van der Waals surface area contributed by atoms with Gasteiger partial charge >= 0.3 is 0 Å². The first kappa shape index (κ1) is 9.37. The smallest absolute Gasteiger partial charge is 0.0506 e. The molecule has 0 atom stereocenters. The van der Waals surface area contributed by atoms with E-state index in [1.165, 1.54) is 24.1 Å². The van der Waals surface area contributed by atoms with E-state index in [1.807, 2.05) is 11.8 Å². The molecule has 0 aliphatic rings. The molecule has 0 saturated heterocycles. The summed E-state index contributed by atoms with van der Waals surface area (Å²) in [5.74, 6) is 2.38. The van der Waals surface area contributed by atoms with Gasteiger partial charge in [0.2, 0.25) is 0 Å². The third-order valence-corrected chi connectivity index (χ3v) is 2.33. The van der Waals surface area contributed by atoms with Crippen LogP contribution in [-0.4, -0.2) is 23.3 Å². The van der Waals surface area contributed by atoms with Gasteiger partial charge in [0.1, 0.15) is 0 Å². The van der Waals surface area contributed by atoms with E-state index in [0.29, 0.717) is 0 Å². The minimum atomic E-state index is 1.12. The topological polar surface area (TPSA) is 23.9 Å². The van der Waals surface area contributed by atoms with Crippen molar-refractivity contribution in [2.45, 2.75) is 12.8 Å². The van der Waals surface area contributed by atoms with Crippen molar-refractivity contribution in [3.05, 3.63) is 0 Å². The van der Waals surface area contributed by atoms with Crippen molar-refractivity contribution < 1.29 is 0 Å². The zero-order valence-electron chi connectivity index (χ0n) is 5.72. The van der Waals surface area contributed by atoms with E-state index in [1.54, 1.807) is 11.8 Å². The van der Waals surface area contributed by atoms with Crippen LogP contribution >= 0.6 is 23.5 Å². The van der Waals surface area contributed by atoms with Gasteiger partial charge in [0.25, 0.3) is 0 Å². The van der Waals surface area contributed by atoms with Crippen LogP contribution in [0.25, 0.3) is 0 Å². The van der Waals surface area contributed by atoms with Crippen LogP contribution in [0.1, 0.15) is 12.8 Å². The van der Waals surface area contributed by atoms with Crippen molar-refractivity contribution in [2.75, 3.05) is 17.8 Å². The molecule has 54 valence electrons. The highest BCUT2D eigenvalue weighted by molar-refractivity contribution is 8.11. The summed E-state index contributed by atoms with van der Waals surface area (Å²) in [7, 11) is 0. The Morgan fingerprint density at radius 2 is 2.00 bits per heavy atom. The Morgan fingerprint density at radius 1 is 1.33 bits per heavy atom. The lowest BCUT2D eigenvalue weighted by molar-refractivity contribution is 0.910. The highest BCUT2D eigenvalue weighted by Crippen LogP contribution is 2.03. The lowest BCUT2D eigenvalue weighted by Crippen LogP contribution is -1.81. The normalized spacial score (nSPS) is 9.44. The van der Waals surface area contributed by atoms with Gasteiger partial charge in [0, 0.05) is 0 Å². The fraction of sp³-hybridized carbons (Fsp3) is 0.833. The van der Waals surface area contributed by atoms with Crippen molar-refractivity contribution in [3.63, 3.8) is 0 Å². The maximum Gasteiger partial charge on any atom is 0.0506 e. The van der Waals surface area contributed by atoms with Gasteiger partial charge in [-0.05, 0) is 30.6 Å². The zero-order chi connectivity index (χ0) is 6.95. The minimum absolute atomic E-state index is 1.12. The molecule has 0 radical (unpaired) electrons. The summed E-state index contributed by atoms with van der Waals surface area (Å²) in [6.45, 7) is 0. The summed E-state index contributed by atoms with van der Waals surface area (Å²) in [5, 5.41) is 6.72. The molecule has 0 aliphatic heterocycles. The predicted octanol–water partition coefficient (Wildman–Crippen LogP) is 2.47. The van der Waals surface area contributed by atoms with E-state index < -0.39 is 0 Å².